The van der Waals surface area contributed by atoms with Crippen molar-refractivity contribution in [3.63, 3.8) is 0 Å². The van der Waals surface area contributed by atoms with E-state index in [1.54, 1.807) is 0 Å². The molecule has 0 atom stereocenters. The second kappa shape index (κ2) is 3.19. The van der Waals surface area contributed by atoms with Crippen LogP contribution in [0, 0.1) is 12.3 Å². The molecule has 0 aliphatic heterocycles. The summed E-state index contributed by atoms with van der Waals surface area (Å²) in [7, 11) is 0. The Morgan fingerprint density at radius 2 is 2.21 bits per heavy atom. The molecule has 2 rings (SSSR count). The first-order valence-corrected chi connectivity index (χ1v) is 4.67. The van der Waals surface area contributed by atoms with Crippen molar-refractivity contribution >= 4 is 5.65 Å². The van der Waals surface area contributed by atoms with Crippen LogP contribution < -0.4 is 0 Å². The number of terminal acetylenes is 1. The Balaban J connectivity index is 2.83. The highest BCUT2D eigenvalue weighted by molar-refractivity contribution is 5.48. The summed E-state index contributed by atoms with van der Waals surface area (Å²) in [5.74, 6) is 3.02. The first kappa shape index (κ1) is 8.83. The molecule has 0 unspecified atom stereocenters. The fraction of sp³-hybridized carbons (Fsp3) is 0.250. The van der Waals surface area contributed by atoms with Crippen LogP contribution >= 0.6 is 0 Å². The van der Waals surface area contributed by atoms with E-state index in [0.29, 0.717) is 5.92 Å². The maximum Gasteiger partial charge on any atom is 0.138 e. The molecular weight excluding hydrogens is 172 g/mol. The molecule has 0 amide bonds. The third kappa shape index (κ3) is 1.18. The summed E-state index contributed by atoms with van der Waals surface area (Å²) in [6.07, 6.45) is 7.42. The summed E-state index contributed by atoms with van der Waals surface area (Å²) < 4.78 is 2.06. The van der Waals surface area contributed by atoms with Crippen molar-refractivity contribution in [3.05, 3.63) is 35.8 Å². The first-order chi connectivity index (χ1) is 6.74. The minimum absolute atomic E-state index is 0.387. The van der Waals surface area contributed by atoms with Crippen LogP contribution in [-0.4, -0.2) is 9.38 Å². The van der Waals surface area contributed by atoms with Gasteiger partial charge in [-0.1, -0.05) is 19.9 Å². The monoisotopic (exact) mass is 184 g/mol. The Bertz CT molecular complexity index is 501. The highest BCUT2D eigenvalue weighted by Crippen LogP contribution is 2.20. The van der Waals surface area contributed by atoms with Crippen molar-refractivity contribution in [2.45, 2.75) is 19.8 Å². The zero-order valence-corrected chi connectivity index (χ0v) is 8.36. The highest BCUT2D eigenvalue weighted by Gasteiger charge is 2.12. The van der Waals surface area contributed by atoms with E-state index >= 15 is 0 Å². The summed E-state index contributed by atoms with van der Waals surface area (Å²) >= 11 is 0. The molecule has 2 heteroatoms. The molecule has 2 aromatic rings. The molecule has 0 spiro atoms. The number of hydrogen-bond acceptors (Lipinski definition) is 1. The topological polar surface area (TPSA) is 17.3 Å². The number of nitrogens with zero attached hydrogens (tertiary/aromatic N) is 2. The average molecular weight is 184 g/mol. The minimum atomic E-state index is 0.387. The quantitative estimate of drug-likeness (QED) is 0.622. The van der Waals surface area contributed by atoms with Crippen LogP contribution in [0.15, 0.2) is 24.4 Å². The zero-order chi connectivity index (χ0) is 10.1. The van der Waals surface area contributed by atoms with Gasteiger partial charge < -0.3 is 4.40 Å². The normalized spacial score (nSPS) is 10.7. The van der Waals surface area contributed by atoms with Gasteiger partial charge in [0, 0.05) is 6.20 Å². The van der Waals surface area contributed by atoms with E-state index in [9.17, 15) is 0 Å². The summed E-state index contributed by atoms with van der Waals surface area (Å²) in [4.78, 5) is 4.38. The van der Waals surface area contributed by atoms with E-state index < -0.39 is 0 Å². The van der Waals surface area contributed by atoms with E-state index in [4.69, 9.17) is 6.42 Å². The summed E-state index contributed by atoms with van der Waals surface area (Å²) in [6.45, 7) is 4.24. The van der Waals surface area contributed by atoms with Crippen molar-refractivity contribution in [2.75, 3.05) is 0 Å². The second-order valence-corrected chi connectivity index (χ2v) is 3.57. The van der Waals surface area contributed by atoms with Gasteiger partial charge in [0.2, 0.25) is 0 Å². The molecule has 0 radical (unpaired) electrons. The molecule has 0 N–H and O–H groups in total. The van der Waals surface area contributed by atoms with E-state index in [2.05, 4.69) is 29.2 Å². The molecule has 0 fully saturated rings. The number of hydrogen-bond donors (Lipinski definition) is 0. The molecular formula is C12H12N2. The van der Waals surface area contributed by atoms with Crippen molar-refractivity contribution in [2.24, 2.45) is 0 Å². The van der Waals surface area contributed by atoms with E-state index in [1.807, 2.05) is 24.4 Å². The van der Waals surface area contributed by atoms with Gasteiger partial charge in [-0.3, -0.25) is 0 Å². The summed E-state index contributed by atoms with van der Waals surface area (Å²) in [5.41, 5.74) is 2.79. The molecule has 0 aliphatic carbocycles. The molecule has 70 valence electrons. The molecule has 0 bridgehead atoms. The molecule has 0 aromatic carbocycles. The highest BCUT2D eigenvalue weighted by atomic mass is 15.0. The van der Waals surface area contributed by atoms with Crippen LogP contribution in [0.1, 0.15) is 31.2 Å². The van der Waals surface area contributed by atoms with Gasteiger partial charge in [0.25, 0.3) is 0 Å². The molecule has 14 heavy (non-hydrogen) atoms. The van der Waals surface area contributed by atoms with Crippen LogP contribution in [-0.2, 0) is 0 Å². The summed E-state index contributed by atoms with van der Waals surface area (Å²) in [5, 5.41) is 0. The van der Waals surface area contributed by atoms with Crippen LogP contribution in [0.4, 0.5) is 0 Å². The van der Waals surface area contributed by atoms with Crippen molar-refractivity contribution in [1.29, 1.82) is 0 Å². The van der Waals surface area contributed by atoms with Gasteiger partial charge in [-0.25, -0.2) is 4.98 Å². The van der Waals surface area contributed by atoms with Crippen LogP contribution in [0.3, 0.4) is 0 Å². The Hall–Kier alpha value is -1.75. The van der Waals surface area contributed by atoms with Crippen LogP contribution in [0.25, 0.3) is 5.65 Å². The van der Waals surface area contributed by atoms with Gasteiger partial charge in [0.1, 0.15) is 11.3 Å². The molecule has 0 saturated carbocycles. The van der Waals surface area contributed by atoms with E-state index in [0.717, 1.165) is 17.0 Å². The van der Waals surface area contributed by atoms with Crippen LogP contribution in [0.2, 0.25) is 0 Å². The first-order valence-electron chi connectivity index (χ1n) is 4.67. The van der Waals surface area contributed by atoms with Gasteiger partial charge in [0.15, 0.2) is 0 Å². The minimum Gasteiger partial charge on any atom is -0.302 e. The van der Waals surface area contributed by atoms with Crippen molar-refractivity contribution in [3.8, 4) is 12.3 Å². The predicted molar refractivity (Wildman–Crippen MR) is 57.2 cm³/mol. The fourth-order valence-corrected chi connectivity index (χ4v) is 1.67. The second-order valence-electron chi connectivity index (χ2n) is 3.57. The predicted octanol–water partition coefficient (Wildman–Crippen LogP) is 2.44. The molecule has 2 aromatic heterocycles. The molecule has 2 nitrogen and oxygen atoms in total. The lowest BCUT2D eigenvalue weighted by Gasteiger charge is -2.04. The van der Waals surface area contributed by atoms with Gasteiger partial charge in [-0.05, 0) is 24.0 Å². The summed E-state index contributed by atoms with van der Waals surface area (Å²) in [6, 6.07) is 5.92. The largest absolute Gasteiger partial charge is 0.302 e. The number of fused-ring (bicyclic) bond motifs is 1. The van der Waals surface area contributed by atoms with Crippen molar-refractivity contribution in [1.82, 2.24) is 9.38 Å². The molecule has 0 aliphatic rings. The van der Waals surface area contributed by atoms with Gasteiger partial charge in [-0.2, -0.15) is 0 Å². The van der Waals surface area contributed by atoms with E-state index in [1.165, 1.54) is 0 Å². The maximum atomic E-state index is 5.43. The smallest absolute Gasteiger partial charge is 0.138 e. The third-order valence-corrected chi connectivity index (χ3v) is 2.25. The SMILES string of the molecule is C#Cc1nc2ccccn2c1C(C)C. The van der Waals surface area contributed by atoms with Crippen molar-refractivity contribution < 1.29 is 0 Å². The van der Waals surface area contributed by atoms with Crippen LogP contribution in [0.5, 0.6) is 0 Å². The standard InChI is InChI=1S/C12H12N2/c1-4-10-12(9(2)3)14-8-6-5-7-11(14)13-10/h1,5-9H,2-3H3. The number of aromatic nitrogens is 2. The van der Waals surface area contributed by atoms with Gasteiger partial charge in [-0.15, -0.1) is 6.42 Å². The lowest BCUT2D eigenvalue weighted by Crippen LogP contribution is -1.96. The number of pyridine rings is 1. The van der Waals surface area contributed by atoms with E-state index in [-0.39, 0.29) is 0 Å². The lowest BCUT2D eigenvalue weighted by molar-refractivity contribution is 0.805. The number of rotatable bonds is 1. The maximum absolute atomic E-state index is 5.43. The number of imidazole rings is 1. The molecule has 2 heterocycles. The Labute approximate surface area is 83.6 Å². The molecule has 0 saturated heterocycles. The van der Waals surface area contributed by atoms with Gasteiger partial charge >= 0.3 is 0 Å². The third-order valence-electron chi connectivity index (χ3n) is 2.25. The zero-order valence-electron chi connectivity index (χ0n) is 8.36. The van der Waals surface area contributed by atoms with Gasteiger partial charge in [0.05, 0.1) is 5.69 Å². The average Bonchev–Trinajstić information content (AvgIpc) is 2.55. The Kier molecular flexibility index (Phi) is 2.01. The Morgan fingerprint density at radius 3 is 2.86 bits per heavy atom. The Morgan fingerprint density at radius 1 is 1.43 bits per heavy atom. The fourth-order valence-electron chi connectivity index (χ4n) is 1.67. The lowest BCUT2D eigenvalue weighted by atomic mass is 10.1.